The van der Waals surface area contributed by atoms with E-state index in [-0.39, 0.29) is 17.9 Å². The SMILES string of the molecule is CC(C)C1N=C(c2ccncn2)NC1=O. The van der Waals surface area contributed by atoms with Crippen molar-refractivity contribution in [1.82, 2.24) is 15.3 Å². The first-order valence-electron chi connectivity index (χ1n) is 4.83. The van der Waals surface area contributed by atoms with Crippen molar-refractivity contribution in [3.8, 4) is 0 Å². The second kappa shape index (κ2) is 3.76. The predicted octanol–water partition coefficient (Wildman–Crippen LogP) is 0.378. The summed E-state index contributed by atoms with van der Waals surface area (Å²) in [7, 11) is 0. The maximum absolute atomic E-state index is 11.5. The smallest absolute Gasteiger partial charge is 0.250 e. The zero-order valence-corrected chi connectivity index (χ0v) is 8.64. The van der Waals surface area contributed by atoms with Gasteiger partial charge in [-0.2, -0.15) is 0 Å². The van der Waals surface area contributed by atoms with E-state index in [0.717, 1.165) is 0 Å². The van der Waals surface area contributed by atoms with Crippen LogP contribution in [0.1, 0.15) is 19.5 Å². The van der Waals surface area contributed by atoms with Crippen LogP contribution in [0.15, 0.2) is 23.6 Å². The summed E-state index contributed by atoms with van der Waals surface area (Å²) < 4.78 is 0. The molecule has 0 saturated carbocycles. The van der Waals surface area contributed by atoms with Gasteiger partial charge in [0, 0.05) is 6.20 Å². The summed E-state index contributed by atoms with van der Waals surface area (Å²) in [6.07, 6.45) is 3.06. The summed E-state index contributed by atoms with van der Waals surface area (Å²) in [5.41, 5.74) is 0.654. The van der Waals surface area contributed by atoms with Gasteiger partial charge in [-0.05, 0) is 12.0 Å². The Morgan fingerprint density at radius 1 is 1.47 bits per heavy atom. The highest BCUT2D eigenvalue weighted by Gasteiger charge is 2.29. The van der Waals surface area contributed by atoms with Crippen LogP contribution in [-0.4, -0.2) is 27.8 Å². The molecule has 2 rings (SSSR count). The fraction of sp³-hybridized carbons (Fsp3) is 0.400. The first-order chi connectivity index (χ1) is 7.18. The largest absolute Gasteiger partial charge is 0.307 e. The minimum atomic E-state index is -0.296. The number of hydrogen-bond acceptors (Lipinski definition) is 4. The van der Waals surface area contributed by atoms with Gasteiger partial charge in [0.05, 0.1) is 0 Å². The van der Waals surface area contributed by atoms with Crippen molar-refractivity contribution < 1.29 is 4.79 Å². The van der Waals surface area contributed by atoms with Crippen LogP contribution < -0.4 is 5.32 Å². The van der Waals surface area contributed by atoms with Crippen LogP contribution in [0, 0.1) is 5.92 Å². The lowest BCUT2D eigenvalue weighted by Gasteiger charge is -2.06. The van der Waals surface area contributed by atoms with E-state index in [9.17, 15) is 4.79 Å². The van der Waals surface area contributed by atoms with Gasteiger partial charge in [-0.15, -0.1) is 0 Å². The Hall–Kier alpha value is -1.78. The lowest BCUT2D eigenvalue weighted by atomic mass is 10.1. The molecule has 1 aliphatic heterocycles. The topological polar surface area (TPSA) is 67.2 Å². The second-order valence-electron chi connectivity index (χ2n) is 3.75. The standard InChI is InChI=1S/C10H12N4O/c1-6(2)8-10(15)14-9(13-8)7-3-4-11-5-12-7/h3-6,8H,1-2H3,(H,13,14,15). The van der Waals surface area contributed by atoms with E-state index in [0.29, 0.717) is 11.5 Å². The van der Waals surface area contributed by atoms with Crippen molar-refractivity contribution in [2.75, 3.05) is 0 Å². The summed E-state index contributed by atoms with van der Waals surface area (Å²) >= 11 is 0. The van der Waals surface area contributed by atoms with E-state index in [1.165, 1.54) is 6.33 Å². The summed E-state index contributed by atoms with van der Waals surface area (Å²) in [6.45, 7) is 3.94. The van der Waals surface area contributed by atoms with Gasteiger partial charge in [-0.25, -0.2) is 9.97 Å². The molecule has 1 aromatic heterocycles. The molecule has 0 fully saturated rings. The number of carbonyl (C=O) groups excluding carboxylic acids is 1. The lowest BCUT2D eigenvalue weighted by molar-refractivity contribution is -0.120. The summed E-state index contributed by atoms with van der Waals surface area (Å²) in [5, 5.41) is 2.72. The maximum atomic E-state index is 11.5. The molecule has 5 nitrogen and oxygen atoms in total. The Balaban J connectivity index is 2.27. The number of nitrogens with one attached hydrogen (secondary N) is 1. The molecule has 15 heavy (non-hydrogen) atoms. The third-order valence-electron chi connectivity index (χ3n) is 2.23. The van der Waals surface area contributed by atoms with Gasteiger partial charge in [-0.1, -0.05) is 13.8 Å². The number of carbonyl (C=O) groups is 1. The van der Waals surface area contributed by atoms with E-state index >= 15 is 0 Å². The zero-order valence-electron chi connectivity index (χ0n) is 8.64. The predicted molar refractivity (Wildman–Crippen MR) is 55.3 cm³/mol. The van der Waals surface area contributed by atoms with Gasteiger partial charge >= 0.3 is 0 Å². The minimum Gasteiger partial charge on any atom is -0.307 e. The quantitative estimate of drug-likeness (QED) is 0.757. The molecule has 0 spiro atoms. The maximum Gasteiger partial charge on any atom is 0.250 e. The molecule has 1 aromatic rings. The number of hydrogen-bond donors (Lipinski definition) is 1. The van der Waals surface area contributed by atoms with Crippen molar-refractivity contribution in [2.45, 2.75) is 19.9 Å². The van der Waals surface area contributed by atoms with Crippen molar-refractivity contribution in [2.24, 2.45) is 10.9 Å². The first-order valence-corrected chi connectivity index (χ1v) is 4.83. The fourth-order valence-electron chi connectivity index (χ4n) is 1.43. The number of aromatic nitrogens is 2. The Bertz CT molecular complexity index is 399. The molecule has 2 heterocycles. The molecule has 1 aliphatic rings. The highest BCUT2D eigenvalue weighted by molar-refractivity contribution is 6.12. The number of amides is 1. The number of rotatable bonds is 2. The van der Waals surface area contributed by atoms with E-state index in [4.69, 9.17) is 0 Å². The minimum absolute atomic E-state index is 0.0568. The van der Waals surface area contributed by atoms with Crippen molar-refractivity contribution >= 4 is 11.7 Å². The van der Waals surface area contributed by atoms with Crippen LogP contribution in [0.2, 0.25) is 0 Å². The van der Waals surface area contributed by atoms with Gasteiger partial charge in [0.15, 0.2) is 5.84 Å². The average molecular weight is 204 g/mol. The molecule has 0 radical (unpaired) electrons. The number of nitrogens with zero attached hydrogens (tertiary/aromatic N) is 3. The molecule has 0 saturated heterocycles. The van der Waals surface area contributed by atoms with Gasteiger partial charge in [0.1, 0.15) is 18.1 Å². The highest BCUT2D eigenvalue weighted by Crippen LogP contribution is 2.13. The highest BCUT2D eigenvalue weighted by atomic mass is 16.2. The van der Waals surface area contributed by atoms with Gasteiger partial charge in [0.25, 0.3) is 5.91 Å². The molecule has 1 N–H and O–H groups in total. The molecule has 1 unspecified atom stereocenters. The third kappa shape index (κ3) is 1.86. The average Bonchev–Trinajstić information content (AvgIpc) is 2.62. The Labute approximate surface area is 87.7 Å². The van der Waals surface area contributed by atoms with Gasteiger partial charge in [-0.3, -0.25) is 9.79 Å². The van der Waals surface area contributed by atoms with Gasteiger partial charge in [0.2, 0.25) is 0 Å². The van der Waals surface area contributed by atoms with Crippen LogP contribution in [0.3, 0.4) is 0 Å². The van der Waals surface area contributed by atoms with Crippen LogP contribution in [-0.2, 0) is 4.79 Å². The first kappa shape index (κ1) is 9.76. The number of amidine groups is 1. The van der Waals surface area contributed by atoms with Gasteiger partial charge < -0.3 is 5.32 Å². The van der Waals surface area contributed by atoms with E-state index < -0.39 is 0 Å². The van der Waals surface area contributed by atoms with Crippen LogP contribution in [0.4, 0.5) is 0 Å². The van der Waals surface area contributed by atoms with Crippen LogP contribution in [0.5, 0.6) is 0 Å². The molecule has 0 aliphatic carbocycles. The Morgan fingerprint density at radius 3 is 2.80 bits per heavy atom. The number of aliphatic imine (C=N–C) groups is 1. The van der Waals surface area contributed by atoms with Crippen molar-refractivity contribution in [1.29, 1.82) is 0 Å². The van der Waals surface area contributed by atoms with Crippen LogP contribution in [0.25, 0.3) is 0 Å². The summed E-state index contributed by atoms with van der Waals surface area (Å²) in [5.74, 6) is 0.684. The fourth-order valence-corrected chi connectivity index (χ4v) is 1.43. The van der Waals surface area contributed by atoms with Crippen molar-refractivity contribution in [3.05, 3.63) is 24.3 Å². The molecule has 0 bridgehead atoms. The zero-order chi connectivity index (χ0) is 10.8. The van der Waals surface area contributed by atoms with E-state index in [2.05, 4.69) is 20.3 Å². The molecule has 1 amide bonds. The molecular formula is C10H12N4O. The van der Waals surface area contributed by atoms with Crippen LogP contribution >= 0.6 is 0 Å². The second-order valence-corrected chi connectivity index (χ2v) is 3.75. The Kier molecular flexibility index (Phi) is 2.45. The summed E-state index contributed by atoms with van der Waals surface area (Å²) in [4.78, 5) is 23.7. The summed E-state index contributed by atoms with van der Waals surface area (Å²) in [6, 6.07) is 1.43. The molecule has 0 aromatic carbocycles. The van der Waals surface area contributed by atoms with E-state index in [1.54, 1.807) is 12.3 Å². The molecular weight excluding hydrogens is 192 g/mol. The monoisotopic (exact) mass is 204 g/mol. The molecule has 78 valence electrons. The van der Waals surface area contributed by atoms with E-state index in [1.807, 2.05) is 13.8 Å². The molecule has 1 atom stereocenters. The normalized spacial score (nSPS) is 20.3. The lowest BCUT2D eigenvalue weighted by Crippen LogP contribution is -2.31. The van der Waals surface area contributed by atoms with Crippen molar-refractivity contribution in [3.63, 3.8) is 0 Å². The Morgan fingerprint density at radius 2 is 2.27 bits per heavy atom. The molecule has 5 heteroatoms. The third-order valence-corrected chi connectivity index (χ3v) is 2.23.